The Morgan fingerprint density at radius 1 is 1.24 bits per heavy atom. The average molecular weight is 375 g/mol. The van der Waals surface area contributed by atoms with Crippen LogP contribution >= 0.6 is 11.6 Å². The molecule has 0 aliphatic rings. The second-order valence-electron chi connectivity index (χ2n) is 4.75. The average Bonchev–Trinajstić information content (AvgIpc) is 2.53. The van der Waals surface area contributed by atoms with Crippen LogP contribution in [0, 0.1) is 10.1 Å². The van der Waals surface area contributed by atoms with Gasteiger partial charge in [-0.3, -0.25) is 14.9 Å². The van der Waals surface area contributed by atoms with Crippen molar-refractivity contribution in [2.45, 2.75) is 6.18 Å². The summed E-state index contributed by atoms with van der Waals surface area (Å²) in [5.41, 5.74) is -2.43. The van der Waals surface area contributed by atoms with Crippen molar-refractivity contribution < 1.29 is 27.6 Å². The molecular formula is C15H10ClF3N2O4. The highest BCUT2D eigenvalue weighted by Crippen LogP contribution is 2.35. The summed E-state index contributed by atoms with van der Waals surface area (Å²) in [6, 6.07) is 8.13. The molecule has 2 rings (SSSR count). The van der Waals surface area contributed by atoms with Gasteiger partial charge in [-0.05, 0) is 24.3 Å². The third-order valence-electron chi connectivity index (χ3n) is 2.99. The molecular weight excluding hydrogens is 365 g/mol. The van der Waals surface area contributed by atoms with E-state index in [1.807, 2.05) is 0 Å². The Morgan fingerprint density at radius 3 is 2.52 bits per heavy atom. The number of halogens is 4. The number of anilines is 1. The fourth-order valence-corrected chi connectivity index (χ4v) is 2.05. The molecule has 0 unspecified atom stereocenters. The van der Waals surface area contributed by atoms with Crippen LogP contribution in [0.25, 0.3) is 0 Å². The monoisotopic (exact) mass is 374 g/mol. The Labute approximate surface area is 144 Å². The lowest BCUT2D eigenvalue weighted by Crippen LogP contribution is -2.21. The van der Waals surface area contributed by atoms with E-state index in [-0.39, 0.29) is 16.5 Å². The number of alkyl halides is 3. The number of ether oxygens (including phenoxy) is 1. The van der Waals surface area contributed by atoms with Gasteiger partial charge in [0.1, 0.15) is 11.4 Å². The summed E-state index contributed by atoms with van der Waals surface area (Å²) >= 11 is 5.84. The Balaban J connectivity index is 2.12. The highest BCUT2D eigenvalue weighted by Gasteiger charge is 2.33. The second kappa shape index (κ2) is 7.39. The van der Waals surface area contributed by atoms with Crippen LogP contribution in [0.4, 0.5) is 24.5 Å². The number of nitro benzene ring substituents is 1. The molecule has 25 heavy (non-hydrogen) atoms. The van der Waals surface area contributed by atoms with Crippen LogP contribution in [-0.4, -0.2) is 17.4 Å². The first-order valence-electron chi connectivity index (χ1n) is 6.71. The van der Waals surface area contributed by atoms with E-state index in [4.69, 9.17) is 16.3 Å². The topological polar surface area (TPSA) is 81.5 Å². The Morgan fingerprint density at radius 2 is 1.92 bits per heavy atom. The third kappa shape index (κ3) is 4.83. The summed E-state index contributed by atoms with van der Waals surface area (Å²) in [5.74, 6) is -0.566. The van der Waals surface area contributed by atoms with Gasteiger partial charge < -0.3 is 10.1 Å². The highest BCUT2D eigenvalue weighted by molar-refractivity contribution is 6.32. The van der Waals surface area contributed by atoms with Crippen molar-refractivity contribution in [3.63, 3.8) is 0 Å². The van der Waals surface area contributed by atoms with Gasteiger partial charge in [0.2, 0.25) is 0 Å². The summed E-state index contributed by atoms with van der Waals surface area (Å²) in [4.78, 5) is 21.8. The smallest absolute Gasteiger partial charge is 0.416 e. The van der Waals surface area contributed by atoms with Crippen LogP contribution in [0.5, 0.6) is 5.75 Å². The maximum Gasteiger partial charge on any atom is 0.416 e. The normalized spacial score (nSPS) is 11.0. The molecule has 0 saturated heterocycles. The largest absolute Gasteiger partial charge is 0.482 e. The van der Waals surface area contributed by atoms with Crippen molar-refractivity contribution >= 4 is 28.9 Å². The molecule has 6 nitrogen and oxygen atoms in total. The van der Waals surface area contributed by atoms with Gasteiger partial charge in [0, 0.05) is 6.07 Å². The molecule has 0 saturated carbocycles. The number of rotatable bonds is 5. The lowest BCUT2D eigenvalue weighted by molar-refractivity contribution is -0.384. The molecule has 132 valence electrons. The number of benzene rings is 2. The number of para-hydroxylation sites is 1. The first kappa shape index (κ1) is 18.5. The molecule has 0 aliphatic carbocycles. The number of nitrogens with one attached hydrogen (secondary N) is 1. The zero-order chi connectivity index (χ0) is 18.6. The van der Waals surface area contributed by atoms with E-state index in [1.165, 1.54) is 12.1 Å². The zero-order valence-electron chi connectivity index (χ0n) is 12.3. The number of hydrogen-bond donors (Lipinski definition) is 1. The van der Waals surface area contributed by atoms with Crippen LogP contribution in [-0.2, 0) is 11.0 Å². The number of carbonyl (C=O) groups is 1. The molecule has 0 heterocycles. The predicted molar refractivity (Wildman–Crippen MR) is 83.7 cm³/mol. The zero-order valence-corrected chi connectivity index (χ0v) is 13.1. The van der Waals surface area contributed by atoms with E-state index in [0.717, 1.165) is 6.07 Å². The first-order chi connectivity index (χ1) is 11.7. The lowest BCUT2D eigenvalue weighted by Gasteiger charge is -2.11. The van der Waals surface area contributed by atoms with E-state index in [0.29, 0.717) is 12.1 Å². The van der Waals surface area contributed by atoms with Crippen LogP contribution in [0.1, 0.15) is 5.56 Å². The highest BCUT2D eigenvalue weighted by atomic mass is 35.5. The Hall–Kier alpha value is -2.81. The molecule has 0 spiro atoms. The van der Waals surface area contributed by atoms with Crippen molar-refractivity contribution in [3.05, 3.63) is 63.2 Å². The van der Waals surface area contributed by atoms with Crippen LogP contribution in [0.2, 0.25) is 5.02 Å². The minimum absolute atomic E-state index is 0.223. The van der Waals surface area contributed by atoms with Crippen LogP contribution < -0.4 is 10.1 Å². The van der Waals surface area contributed by atoms with E-state index < -0.39 is 34.9 Å². The number of hydrogen-bond acceptors (Lipinski definition) is 4. The van der Waals surface area contributed by atoms with E-state index in [9.17, 15) is 28.1 Å². The molecule has 0 aromatic heterocycles. The van der Waals surface area contributed by atoms with Gasteiger partial charge in [0.25, 0.3) is 11.6 Å². The molecule has 2 aromatic carbocycles. The number of nitrogens with zero attached hydrogens (tertiary/aromatic N) is 1. The maximum absolute atomic E-state index is 12.6. The van der Waals surface area contributed by atoms with Crippen molar-refractivity contribution in [3.8, 4) is 5.75 Å². The van der Waals surface area contributed by atoms with Crippen molar-refractivity contribution in [2.75, 3.05) is 11.9 Å². The molecule has 1 amide bonds. The fraction of sp³-hybridized carbons (Fsp3) is 0.133. The van der Waals surface area contributed by atoms with Crippen molar-refractivity contribution in [1.82, 2.24) is 0 Å². The van der Waals surface area contributed by atoms with Crippen molar-refractivity contribution in [2.24, 2.45) is 0 Å². The molecule has 10 heteroatoms. The fourth-order valence-electron chi connectivity index (χ4n) is 1.86. The van der Waals surface area contributed by atoms with Gasteiger partial charge >= 0.3 is 6.18 Å². The third-order valence-corrected chi connectivity index (χ3v) is 3.30. The van der Waals surface area contributed by atoms with E-state index in [1.54, 1.807) is 12.1 Å². The number of carbonyl (C=O) groups excluding carboxylic acids is 1. The molecule has 0 fully saturated rings. The first-order valence-corrected chi connectivity index (χ1v) is 7.09. The standard InChI is InChI=1S/C15H10ClF3N2O4/c16-10-3-1-2-4-13(10)25-8-14(22)20-11-6-5-9(15(17,18)19)7-12(11)21(23)24/h1-7H,8H2,(H,20,22). The van der Waals surface area contributed by atoms with E-state index in [2.05, 4.69) is 5.32 Å². The summed E-state index contributed by atoms with van der Waals surface area (Å²) in [6.07, 6.45) is -4.74. The second-order valence-corrected chi connectivity index (χ2v) is 5.16. The van der Waals surface area contributed by atoms with E-state index >= 15 is 0 Å². The van der Waals surface area contributed by atoms with Gasteiger partial charge in [0.15, 0.2) is 6.61 Å². The summed E-state index contributed by atoms with van der Waals surface area (Å²) in [5, 5.41) is 13.3. The molecule has 1 N–H and O–H groups in total. The molecule has 0 aliphatic heterocycles. The van der Waals surface area contributed by atoms with Crippen LogP contribution in [0.3, 0.4) is 0 Å². The summed E-state index contributed by atoms with van der Waals surface area (Å²) in [7, 11) is 0. The minimum atomic E-state index is -4.74. The van der Waals surface area contributed by atoms with Crippen molar-refractivity contribution in [1.29, 1.82) is 0 Å². The molecule has 0 atom stereocenters. The summed E-state index contributed by atoms with van der Waals surface area (Å²) < 4.78 is 43.0. The quantitative estimate of drug-likeness (QED) is 0.625. The predicted octanol–water partition coefficient (Wildman–Crippen LogP) is 4.28. The number of nitro groups is 1. The lowest BCUT2D eigenvalue weighted by atomic mass is 10.1. The molecule has 0 radical (unpaired) electrons. The van der Waals surface area contributed by atoms with Gasteiger partial charge in [-0.15, -0.1) is 0 Å². The number of amides is 1. The Bertz CT molecular complexity index is 812. The van der Waals surface area contributed by atoms with Gasteiger partial charge in [0.05, 0.1) is 15.5 Å². The van der Waals surface area contributed by atoms with Gasteiger partial charge in [-0.2, -0.15) is 13.2 Å². The SMILES string of the molecule is O=C(COc1ccccc1Cl)Nc1ccc(C(F)(F)F)cc1[N+](=O)[O-]. The maximum atomic E-state index is 12.6. The molecule has 2 aromatic rings. The Kier molecular flexibility index (Phi) is 5.48. The van der Waals surface area contributed by atoms with Gasteiger partial charge in [-0.25, -0.2) is 0 Å². The summed E-state index contributed by atoms with van der Waals surface area (Å²) in [6.45, 7) is -0.526. The molecule has 0 bridgehead atoms. The van der Waals surface area contributed by atoms with Gasteiger partial charge in [-0.1, -0.05) is 23.7 Å². The van der Waals surface area contributed by atoms with Crippen LogP contribution in [0.15, 0.2) is 42.5 Å². The minimum Gasteiger partial charge on any atom is -0.482 e.